The van der Waals surface area contributed by atoms with Crippen molar-refractivity contribution in [2.75, 3.05) is 38.2 Å². The smallest absolute Gasteiger partial charge is 0.310 e. The number of aryl methyl sites for hydroxylation is 1. The van der Waals surface area contributed by atoms with Crippen molar-refractivity contribution in [1.82, 2.24) is 14.9 Å². The average Bonchev–Trinajstić information content (AvgIpc) is 2.87. The van der Waals surface area contributed by atoms with Gasteiger partial charge in [0.1, 0.15) is 5.82 Å². The fourth-order valence-electron chi connectivity index (χ4n) is 4.04. The van der Waals surface area contributed by atoms with Gasteiger partial charge in [-0.05, 0) is 50.3 Å². The van der Waals surface area contributed by atoms with E-state index < -0.39 is 0 Å². The molecular weight excluding hydrogens is 448 g/mol. The molecule has 1 atom stereocenters. The maximum atomic E-state index is 13.0. The minimum absolute atomic E-state index is 0.0317. The van der Waals surface area contributed by atoms with E-state index in [4.69, 9.17) is 9.72 Å². The van der Waals surface area contributed by atoms with Crippen LogP contribution in [0.5, 0.6) is 0 Å². The van der Waals surface area contributed by atoms with E-state index in [-0.39, 0.29) is 17.8 Å². The van der Waals surface area contributed by atoms with Crippen LogP contribution >= 0.6 is 11.8 Å². The Hall–Kier alpha value is -2.61. The van der Waals surface area contributed by atoms with Crippen LogP contribution in [0, 0.1) is 5.92 Å². The molecule has 1 aromatic heterocycles. The van der Waals surface area contributed by atoms with Crippen LogP contribution in [0.1, 0.15) is 61.6 Å². The fourth-order valence-corrected chi connectivity index (χ4v) is 4.87. The molecule has 1 saturated heterocycles. The Labute approximate surface area is 207 Å². The number of amides is 1. The van der Waals surface area contributed by atoms with Crippen LogP contribution in [-0.4, -0.2) is 60.0 Å². The van der Waals surface area contributed by atoms with E-state index in [0.29, 0.717) is 25.3 Å². The maximum absolute atomic E-state index is 13.0. The third-order valence-corrected chi connectivity index (χ3v) is 6.87. The summed E-state index contributed by atoms with van der Waals surface area (Å²) < 4.78 is 5.15. The largest absolute Gasteiger partial charge is 0.466 e. The summed E-state index contributed by atoms with van der Waals surface area (Å²) in [4.78, 5) is 38.4. The van der Waals surface area contributed by atoms with E-state index in [0.717, 1.165) is 60.2 Å². The zero-order chi connectivity index (χ0) is 24.5. The number of anilines is 1. The lowest BCUT2D eigenvalue weighted by Gasteiger charge is -2.31. The number of aromatic nitrogens is 2. The van der Waals surface area contributed by atoms with Gasteiger partial charge in [0.05, 0.1) is 12.5 Å². The first-order valence-corrected chi connectivity index (χ1v) is 13.2. The maximum Gasteiger partial charge on any atom is 0.310 e. The molecule has 1 amide bonds. The first kappa shape index (κ1) is 26.0. The second-order valence-electron chi connectivity index (χ2n) is 8.60. The van der Waals surface area contributed by atoms with Gasteiger partial charge in [-0.2, -0.15) is 0 Å². The van der Waals surface area contributed by atoms with Crippen LogP contribution in [0.4, 0.5) is 5.82 Å². The number of ether oxygens (including phenoxy) is 1. The lowest BCUT2D eigenvalue weighted by molar-refractivity contribution is -0.149. The SMILES string of the molecule is CCCN(C)c1cc(CC)nc(SCc2ccc(C(=O)N3CCC[C@@H](C(=O)OCC)C3)cc2)n1. The Kier molecular flexibility index (Phi) is 9.74. The van der Waals surface area contributed by atoms with Crippen molar-refractivity contribution in [2.45, 2.75) is 57.4 Å². The molecule has 8 heteroatoms. The summed E-state index contributed by atoms with van der Waals surface area (Å²) in [7, 11) is 2.06. The van der Waals surface area contributed by atoms with E-state index in [1.54, 1.807) is 23.6 Å². The van der Waals surface area contributed by atoms with Gasteiger partial charge in [0.15, 0.2) is 5.16 Å². The number of benzene rings is 1. The number of thioether (sulfide) groups is 1. The van der Waals surface area contributed by atoms with Crippen LogP contribution < -0.4 is 4.90 Å². The highest BCUT2D eigenvalue weighted by Crippen LogP contribution is 2.24. The summed E-state index contributed by atoms with van der Waals surface area (Å²) in [5, 5.41) is 0.774. The number of nitrogens with zero attached hydrogens (tertiary/aromatic N) is 4. The summed E-state index contributed by atoms with van der Waals surface area (Å²) in [6.07, 6.45) is 3.52. The number of carbonyl (C=O) groups is 2. The molecule has 34 heavy (non-hydrogen) atoms. The molecule has 2 aromatic rings. The molecule has 0 N–H and O–H groups in total. The van der Waals surface area contributed by atoms with E-state index in [1.165, 1.54) is 0 Å². The lowest BCUT2D eigenvalue weighted by Crippen LogP contribution is -2.42. The zero-order valence-corrected chi connectivity index (χ0v) is 21.6. The average molecular weight is 485 g/mol. The molecular formula is C26H36N4O3S. The van der Waals surface area contributed by atoms with E-state index in [9.17, 15) is 9.59 Å². The predicted molar refractivity (Wildman–Crippen MR) is 136 cm³/mol. The molecule has 0 aliphatic carbocycles. The Morgan fingerprint density at radius 1 is 1.18 bits per heavy atom. The molecule has 0 unspecified atom stereocenters. The first-order chi connectivity index (χ1) is 16.4. The van der Waals surface area contributed by atoms with E-state index >= 15 is 0 Å². The Bertz CT molecular complexity index is 967. The first-order valence-electron chi connectivity index (χ1n) is 12.2. The highest BCUT2D eigenvalue weighted by atomic mass is 32.2. The quantitative estimate of drug-likeness (QED) is 0.277. The van der Waals surface area contributed by atoms with Crippen molar-refractivity contribution in [3.8, 4) is 0 Å². The van der Waals surface area contributed by atoms with Crippen LogP contribution in [-0.2, 0) is 21.7 Å². The molecule has 1 fully saturated rings. The van der Waals surface area contributed by atoms with Gasteiger partial charge in [-0.15, -0.1) is 0 Å². The second-order valence-corrected chi connectivity index (χ2v) is 9.55. The van der Waals surface area contributed by atoms with Gasteiger partial charge in [-0.3, -0.25) is 9.59 Å². The van der Waals surface area contributed by atoms with Crippen molar-refractivity contribution in [3.05, 3.63) is 47.2 Å². The normalized spacial score (nSPS) is 15.8. The van der Waals surface area contributed by atoms with Crippen molar-refractivity contribution in [2.24, 2.45) is 5.92 Å². The lowest BCUT2D eigenvalue weighted by atomic mass is 9.97. The molecule has 0 radical (unpaired) electrons. The minimum Gasteiger partial charge on any atom is -0.466 e. The van der Waals surface area contributed by atoms with Gasteiger partial charge >= 0.3 is 5.97 Å². The number of esters is 1. The van der Waals surface area contributed by atoms with Crippen molar-refractivity contribution in [1.29, 1.82) is 0 Å². The summed E-state index contributed by atoms with van der Waals surface area (Å²) in [6.45, 7) is 8.49. The zero-order valence-electron chi connectivity index (χ0n) is 20.7. The minimum atomic E-state index is -0.228. The predicted octanol–water partition coefficient (Wildman–Crippen LogP) is 4.59. The molecule has 0 saturated carbocycles. The topological polar surface area (TPSA) is 75.6 Å². The Morgan fingerprint density at radius 3 is 2.62 bits per heavy atom. The molecule has 0 bridgehead atoms. The monoisotopic (exact) mass is 484 g/mol. The van der Waals surface area contributed by atoms with Gasteiger partial charge in [0.25, 0.3) is 5.91 Å². The Morgan fingerprint density at radius 2 is 1.94 bits per heavy atom. The third-order valence-electron chi connectivity index (χ3n) is 5.95. The van der Waals surface area contributed by atoms with Gasteiger partial charge < -0.3 is 14.5 Å². The van der Waals surface area contributed by atoms with E-state index in [1.807, 2.05) is 24.3 Å². The Balaban J connectivity index is 1.61. The van der Waals surface area contributed by atoms with Gasteiger partial charge in [0.2, 0.25) is 0 Å². The van der Waals surface area contributed by atoms with Crippen LogP contribution in [0.2, 0.25) is 0 Å². The summed E-state index contributed by atoms with van der Waals surface area (Å²) >= 11 is 1.61. The number of piperidine rings is 1. The van der Waals surface area contributed by atoms with Crippen LogP contribution in [0.15, 0.2) is 35.5 Å². The molecule has 7 nitrogen and oxygen atoms in total. The number of likely N-dealkylation sites (tertiary alicyclic amines) is 1. The third kappa shape index (κ3) is 6.95. The number of hydrogen-bond acceptors (Lipinski definition) is 7. The molecule has 0 spiro atoms. The molecule has 1 aliphatic rings. The summed E-state index contributed by atoms with van der Waals surface area (Å²) in [6, 6.07) is 9.78. The highest BCUT2D eigenvalue weighted by Gasteiger charge is 2.29. The molecule has 3 rings (SSSR count). The van der Waals surface area contributed by atoms with Crippen molar-refractivity contribution in [3.63, 3.8) is 0 Å². The van der Waals surface area contributed by atoms with E-state index in [2.05, 4.69) is 36.8 Å². The number of rotatable bonds is 10. The molecule has 2 heterocycles. The van der Waals surface area contributed by atoms with Crippen LogP contribution in [0.25, 0.3) is 0 Å². The number of carbonyl (C=O) groups excluding carboxylic acids is 2. The molecule has 1 aromatic carbocycles. The number of hydrogen-bond donors (Lipinski definition) is 0. The molecule has 1 aliphatic heterocycles. The van der Waals surface area contributed by atoms with Gasteiger partial charge in [-0.1, -0.05) is 37.7 Å². The fraction of sp³-hybridized carbons (Fsp3) is 0.538. The van der Waals surface area contributed by atoms with Crippen molar-refractivity contribution >= 4 is 29.5 Å². The van der Waals surface area contributed by atoms with Gasteiger partial charge in [0, 0.05) is 49.8 Å². The molecule has 184 valence electrons. The summed E-state index contributed by atoms with van der Waals surface area (Å²) in [5.41, 5.74) is 2.79. The van der Waals surface area contributed by atoms with Crippen LogP contribution in [0.3, 0.4) is 0 Å². The highest BCUT2D eigenvalue weighted by molar-refractivity contribution is 7.98. The second kappa shape index (κ2) is 12.7. The van der Waals surface area contributed by atoms with Gasteiger partial charge in [-0.25, -0.2) is 9.97 Å². The standard InChI is InChI=1S/C26H36N4O3S/c1-5-14-29(4)23-16-22(6-2)27-26(28-23)34-18-19-10-12-20(13-11-19)24(31)30-15-8-9-21(17-30)25(32)33-7-3/h10-13,16,21H,5-9,14-15,17-18H2,1-4H3/t21-/m1/s1. The van der Waals surface area contributed by atoms with Crippen molar-refractivity contribution < 1.29 is 14.3 Å². The summed E-state index contributed by atoms with van der Waals surface area (Å²) in [5.74, 6) is 1.22.